The Bertz CT molecular complexity index is 330. The summed E-state index contributed by atoms with van der Waals surface area (Å²) >= 11 is 9.04. The molecule has 13 heavy (non-hydrogen) atoms. The monoisotopic (exact) mass is 263 g/mol. The highest BCUT2D eigenvalue weighted by molar-refractivity contribution is 9.10. The zero-order chi connectivity index (χ0) is 9.84. The molecule has 1 rings (SSSR count). The van der Waals surface area contributed by atoms with Gasteiger partial charge in [-0.05, 0) is 18.2 Å². The molecule has 0 saturated heterocycles. The molecule has 0 aliphatic carbocycles. The van der Waals surface area contributed by atoms with Crippen LogP contribution in [0.5, 0.6) is 0 Å². The van der Waals surface area contributed by atoms with Crippen LogP contribution in [0.25, 0.3) is 0 Å². The van der Waals surface area contributed by atoms with Crippen LogP contribution in [0.15, 0.2) is 22.7 Å². The van der Waals surface area contributed by atoms with Crippen LogP contribution in [-0.4, -0.2) is 17.6 Å². The van der Waals surface area contributed by atoms with E-state index in [9.17, 15) is 4.79 Å². The van der Waals surface area contributed by atoms with Crippen LogP contribution in [0, 0.1) is 0 Å². The van der Waals surface area contributed by atoms with Gasteiger partial charge in [-0.2, -0.15) is 0 Å². The number of aliphatic hydroxyl groups is 1. The molecule has 0 bridgehead atoms. The predicted molar refractivity (Wildman–Crippen MR) is 54.9 cm³/mol. The molecule has 3 nitrogen and oxygen atoms in total. The third-order valence-electron chi connectivity index (χ3n) is 1.35. The molecule has 0 atom stereocenters. The maximum Gasteiger partial charge on any atom is 0.250 e. The average Bonchev–Trinajstić information content (AvgIpc) is 2.09. The molecule has 0 aliphatic rings. The van der Waals surface area contributed by atoms with Crippen LogP contribution in [0.4, 0.5) is 5.69 Å². The van der Waals surface area contributed by atoms with Crippen molar-refractivity contribution in [2.45, 2.75) is 0 Å². The van der Waals surface area contributed by atoms with Crippen molar-refractivity contribution in [1.29, 1.82) is 0 Å². The van der Waals surface area contributed by atoms with Crippen molar-refractivity contribution < 1.29 is 9.90 Å². The maximum absolute atomic E-state index is 10.8. The summed E-state index contributed by atoms with van der Waals surface area (Å²) in [4.78, 5) is 10.8. The number of carbonyl (C=O) groups excluding carboxylic acids is 1. The van der Waals surface area contributed by atoms with Crippen LogP contribution in [0.1, 0.15) is 0 Å². The summed E-state index contributed by atoms with van der Waals surface area (Å²) in [6, 6.07) is 5.06. The lowest BCUT2D eigenvalue weighted by Gasteiger charge is -2.05. The van der Waals surface area contributed by atoms with E-state index in [1.54, 1.807) is 18.2 Å². The van der Waals surface area contributed by atoms with E-state index in [0.29, 0.717) is 10.7 Å². The lowest BCUT2D eigenvalue weighted by molar-refractivity contribution is -0.118. The number of nitrogens with one attached hydrogen (secondary N) is 1. The number of carbonyl (C=O) groups is 1. The smallest absolute Gasteiger partial charge is 0.250 e. The van der Waals surface area contributed by atoms with E-state index >= 15 is 0 Å². The lowest BCUT2D eigenvalue weighted by Crippen LogP contribution is -2.15. The van der Waals surface area contributed by atoms with Crippen molar-refractivity contribution in [2.24, 2.45) is 0 Å². The Hall–Kier alpha value is -0.580. The number of rotatable bonds is 2. The first-order chi connectivity index (χ1) is 6.13. The topological polar surface area (TPSA) is 49.3 Å². The Morgan fingerprint density at radius 3 is 2.85 bits per heavy atom. The molecule has 0 aromatic heterocycles. The fraction of sp³-hybridized carbons (Fsp3) is 0.125. The van der Waals surface area contributed by atoms with Crippen LogP contribution in [-0.2, 0) is 4.79 Å². The number of hydrogen-bond donors (Lipinski definition) is 2. The molecule has 1 amide bonds. The minimum absolute atomic E-state index is 0.427. The third-order valence-corrected chi connectivity index (χ3v) is 2.15. The van der Waals surface area contributed by atoms with Crippen molar-refractivity contribution in [2.75, 3.05) is 11.9 Å². The lowest BCUT2D eigenvalue weighted by atomic mass is 10.3. The van der Waals surface area contributed by atoms with Gasteiger partial charge in [0.15, 0.2) is 0 Å². The number of hydrogen-bond acceptors (Lipinski definition) is 2. The summed E-state index contributed by atoms with van der Waals surface area (Å²) in [5, 5.41) is 11.3. The highest BCUT2D eigenvalue weighted by Crippen LogP contribution is 2.25. The molecule has 2 N–H and O–H groups in total. The predicted octanol–water partition coefficient (Wildman–Crippen LogP) is 2.03. The molecule has 0 heterocycles. The second-order valence-corrected chi connectivity index (χ2v) is 3.65. The summed E-state index contributed by atoms with van der Waals surface area (Å²) in [6.45, 7) is -0.549. The Morgan fingerprint density at radius 2 is 2.31 bits per heavy atom. The average molecular weight is 265 g/mol. The number of halogens is 2. The Labute approximate surface area is 88.8 Å². The van der Waals surface area contributed by atoms with Gasteiger partial charge < -0.3 is 10.4 Å². The third kappa shape index (κ3) is 2.99. The second kappa shape index (κ2) is 4.60. The van der Waals surface area contributed by atoms with Crippen LogP contribution >= 0.6 is 27.5 Å². The molecule has 0 radical (unpaired) electrons. The van der Waals surface area contributed by atoms with Crippen molar-refractivity contribution in [1.82, 2.24) is 0 Å². The van der Waals surface area contributed by atoms with E-state index in [1.807, 2.05) is 0 Å². The fourth-order valence-electron chi connectivity index (χ4n) is 0.781. The number of amides is 1. The quantitative estimate of drug-likeness (QED) is 0.859. The number of aliphatic hydroxyl groups excluding tert-OH is 1. The van der Waals surface area contributed by atoms with E-state index in [0.717, 1.165) is 4.47 Å². The number of anilines is 1. The molecule has 70 valence electrons. The highest BCUT2D eigenvalue weighted by atomic mass is 79.9. The van der Waals surface area contributed by atoms with Gasteiger partial charge >= 0.3 is 0 Å². The van der Waals surface area contributed by atoms with Gasteiger partial charge in [-0.1, -0.05) is 27.5 Å². The normalized spacial score (nSPS) is 9.77. The first-order valence-electron chi connectivity index (χ1n) is 3.49. The van der Waals surface area contributed by atoms with Crippen molar-refractivity contribution >= 4 is 39.1 Å². The Balaban J connectivity index is 2.83. The molecular weight excluding hydrogens is 257 g/mol. The van der Waals surface area contributed by atoms with Crippen LogP contribution < -0.4 is 5.32 Å². The standard InChI is InChI=1S/C8H7BrClNO2/c9-5-1-2-7(6(10)3-5)11-8(13)4-12/h1-3,12H,4H2,(H,11,13). The minimum Gasteiger partial charge on any atom is -0.387 e. The first-order valence-corrected chi connectivity index (χ1v) is 4.66. The number of benzene rings is 1. The van der Waals surface area contributed by atoms with E-state index in [2.05, 4.69) is 21.2 Å². The molecule has 0 aliphatic heterocycles. The molecule has 1 aromatic carbocycles. The molecule has 0 unspecified atom stereocenters. The van der Waals surface area contributed by atoms with Gasteiger partial charge in [-0.15, -0.1) is 0 Å². The minimum atomic E-state index is -0.549. The van der Waals surface area contributed by atoms with Gasteiger partial charge in [0.2, 0.25) is 5.91 Å². The van der Waals surface area contributed by atoms with Gasteiger partial charge in [0.05, 0.1) is 10.7 Å². The largest absolute Gasteiger partial charge is 0.387 e. The Morgan fingerprint density at radius 1 is 1.62 bits per heavy atom. The van der Waals surface area contributed by atoms with E-state index in [1.165, 1.54) is 0 Å². The molecule has 5 heteroatoms. The van der Waals surface area contributed by atoms with Crippen LogP contribution in [0.2, 0.25) is 5.02 Å². The zero-order valence-electron chi connectivity index (χ0n) is 6.55. The Kier molecular flexibility index (Phi) is 3.71. The SMILES string of the molecule is O=C(CO)Nc1ccc(Br)cc1Cl. The van der Waals surface area contributed by atoms with Crippen molar-refractivity contribution in [3.05, 3.63) is 27.7 Å². The van der Waals surface area contributed by atoms with Gasteiger partial charge in [-0.25, -0.2) is 0 Å². The zero-order valence-corrected chi connectivity index (χ0v) is 8.89. The molecule has 0 spiro atoms. The van der Waals surface area contributed by atoms with Gasteiger partial charge in [-0.3, -0.25) is 4.79 Å². The van der Waals surface area contributed by atoms with Gasteiger partial charge in [0, 0.05) is 4.47 Å². The summed E-state index contributed by atoms with van der Waals surface area (Å²) < 4.78 is 0.833. The first kappa shape index (κ1) is 10.5. The van der Waals surface area contributed by atoms with Crippen molar-refractivity contribution in [3.63, 3.8) is 0 Å². The fourth-order valence-corrected chi connectivity index (χ4v) is 1.50. The highest BCUT2D eigenvalue weighted by Gasteiger charge is 2.04. The van der Waals surface area contributed by atoms with E-state index in [4.69, 9.17) is 16.7 Å². The van der Waals surface area contributed by atoms with Crippen molar-refractivity contribution in [3.8, 4) is 0 Å². The molecule has 0 saturated carbocycles. The second-order valence-electron chi connectivity index (χ2n) is 2.33. The summed E-state index contributed by atoms with van der Waals surface area (Å²) in [5.41, 5.74) is 0.490. The molecular formula is C8H7BrClNO2. The van der Waals surface area contributed by atoms with Crippen LogP contribution in [0.3, 0.4) is 0 Å². The maximum atomic E-state index is 10.8. The van der Waals surface area contributed by atoms with Gasteiger partial charge in [0.25, 0.3) is 0 Å². The van der Waals surface area contributed by atoms with E-state index in [-0.39, 0.29) is 0 Å². The molecule has 0 fully saturated rings. The van der Waals surface area contributed by atoms with Gasteiger partial charge in [0.1, 0.15) is 6.61 Å². The van der Waals surface area contributed by atoms with E-state index < -0.39 is 12.5 Å². The summed E-state index contributed by atoms with van der Waals surface area (Å²) in [6.07, 6.45) is 0. The summed E-state index contributed by atoms with van der Waals surface area (Å²) in [7, 11) is 0. The molecule has 1 aromatic rings. The summed E-state index contributed by atoms with van der Waals surface area (Å²) in [5.74, 6) is -0.482.